The fourth-order valence-corrected chi connectivity index (χ4v) is 2.25. The Balaban J connectivity index is 1.78. The second kappa shape index (κ2) is 5.33. The zero-order valence-corrected chi connectivity index (χ0v) is 10.4. The van der Waals surface area contributed by atoms with Crippen molar-refractivity contribution in [3.63, 3.8) is 0 Å². The molecule has 5 nitrogen and oxygen atoms in total. The van der Waals surface area contributed by atoms with E-state index in [0.717, 1.165) is 19.4 Å². The highest BCUT2D eigenvalue weighted by Gasteiger charge is 2.43. The van der Waals surface area contributed by atoms with Crippen LogP contribution in [0.5, 0.6) is 0 Å². The molecule has 1 saturated heterocycles. The van der Waals surface area contributed by atoms with Gasteiger partial charge in [-0.2, -0.15) is 0 Å². The third kappa shape index (κ3) is 2.97. The summed E-state index contributed by atoms with van der Waals surface area (Å²) in [6.07, 6.45) is 2.03. The largest absolute Gasteiger partial charge is 0.396 e. The van der Waals surface area contributed by atoms with Crippen LogP contribution in [0.25, 0.3) is 0 Å². The minimum absolute atomic E-state index is 0.0250. The Labute approximate surface area is 102 Å². The number of likely N-dealkylation sites (N-methyl/N-ethyl adjacent to an activating group) is 1. The lowest BCUT2D eigenvalue weighted by Gasteiger charge is -2.19. The molecule has 0 bridgehead atoms. The average Bonchev–Trinajstić information content (AvgIpc) is 2.98. The van der Waals surface area contributed by atoms with Gasteiger partial charge in [-0.05, 0) is 19.4 Å². The number of ether oxygens (including phenoxy) is 1. The number of rotatable bonds is 6. The van der Waals surface area contributed by atoms with Crippen molar-refractivity contribution in [3.8, 4) is 0 Å². The first-order valence-corrected chi connectivity index (χ1v) is 6.40. The highest BCUT2D eigenvalue weighted by atomic mass is 16.5. The molecule has 5 heteroatoms. The summed E-state index contributed by atoms with van der Waals surface area (Å²) >= 11 is 0. The SMILES string of the molecule is CCNC1COCC1C(=O)NCC1(CO)CC1. The van der Waals surface area contributed by atoms with E-state index in [2.05, 4.69) is 10.6 Å². The van der Waals surface area contributed by atoms with Gasteiger partial charge in [-0.1, -0.05) is 6.92 Å². The van der Waals surface area contributed by atoms with Crippen molar-refractivity contribution < 1.29 is 14.6 Å². The molecule has 0 spiro atoms. The summed E-state index contributed by atoms with van der Waals surface area (Å²) in [5.74, 6) is -0.0439. The van der Waals surface area contributed by atoms with Gasteiger partial charge in [0.15, 0.2) is 0 Å². The number of carbonyl (C=O) groups excluding carboxylic acids is 1. The number of aliphatic hydroxyl groups is 1. The number of aliphatic hydroxyl groups excluding tert-OH is 1. The van der Waals surface area contributed by atoms with E-state index in [1.807, 2.05) is 6.92 Å². The molecule has 98 valence electrons. The van der Waals surface area contributed by atoms with Crippen LogP contribution in [-0.2, 0) is 9.53 Å². The lowest BCUT2D eigenvalue weighted by atomic mass is 10.0. The molecule has 1 amide bonds. The number of amides is 1. The molecule has 2 atom stereocenters. The van der Waals surface area contributed by atoms with Gasteiger partial charge >= 0.3 is 0 Å². The van der Waals surface area contributed by atoms with Crippen molar-refractivity contribution in [1.29, 1.82) is 0 Å². The monoisotopic (exact) mass is 242 g/mol. The topological polar surface area (TPSA) is 70.6 Å². The maximum atomic E-state index is 12.0. The third-order valence-electron chi connectivity index (χ3n) is 3.81. The van der Waals surface area contributed by atoms with Crippen LogP contribution < -0.4 is 10.6 Å². The van der Waals surface area contributed by atoms with Crippen LogP contribution in [0.2, 0.25) is 0 Å². The van der Waals surface area contributed by atoms with Gasteiger partial charge in [0.2, 0.25) is 5.91 Å². The molecular weight excluding hydrogens is 220 g/mol. The Bertz CT molecular complexity index is 279. The van der Waals surface area contributed by atoms with Crippen LogP contribution in [-0.4, -0.2) is 50.0 Å². The fraction of sp³-hybridized carbons (Fsp3) is 0.917. The van der Waals surface area contributed by atoms with E-state index < -0.39 is 0 Å². The molecule has 0 aromatic rings. The summed E-state index contributed by atoms with van der Waals surface area (Å²) in [6, 6.07) is 0.129. The summed E-state index contributed by atoms with van der Waals surface area (Å²) in [6.45, 7) is 4.74. The minimum atomic E-state index is -0.0931. The van der Waals surface area contributed by atoms with E-state index in [1.165, 1.54) is 0 Å². The van der Waals surface area contributed by atoms with E-state index >= 15 is 0 Å². The maximum absolute atomic E-state index is 12.0. The van der Waals surface area contributed by atoms with E-state index in [1.54, 1.807) is 0 Å². The van der Waals surface area contributed by atoms with Crippen LogP contribution in [0.15, 0.2) is 0 Å². The van der Waals surface area contributed by atoms with Crippen molar-refractivity contribution in [2.75, 3.05) is 32.9 Å². The van der Waals surface area contributed by atoms with E-state index in [0.29, 0.717) is 19.8 Å². The van der Waals surface area contributed by atoms with Gasteiger partial charge in [-0.25, -0.2) is 0 Å². The van der Waals surface area contributed by atoms with Crippen LogP contribution in [0, 0.1) is 11.3 Å². The molecular formula is C12H22N2O3. The predicted molar refractivity (Wildman–Crippen MR) is 63.5 cm³/mol. The fourth-order valence-electron chi connectivity index (χ4n) is 2.25. The molecule has 1 aliphatic carbocycles. The van der Waals surface area contributed by atoms with Crippen molar-refractivity contribution in [1.82, 2.24) is 10.6 Å². The summed E-state index contributed by atoms with van der Waals surface area (Å²) in [4.78, 5) is 12.0. The van der Waals surface area contributed by atoms with Gasteiger partial charge in [0.1, 0.15) is 0 Å². The number of carbonyl (C=O) groups is 1. The van der Waals surface area contributed by atoms with Crippen LogP contribution in [0.1, 0.15) is 19.8 Å². The highest BCUT2D eigenvalue weighted by Crippen LogP contribution is 2.44. The number of hydrogen-bond donors (Lipinski definition) is 3. The van der Waals surface area contributed by atoms with E-state index in [4.69, 9.17) is 4.74 Å². The predicted octanol–water partition coefficient (Wildman–Crippen LogP) is -0.500. The summed E-state index contributed by atoms with van der Waals surface area (Å²) < 4.78 is 5.34. The molecule has 1 aliphatic heterocycles. The smallest absolute Gasteiger partial charge is 0.227 e. The standard InChI is InChI=1S/C12H22N2O3/c1-2-13-10-6-17-5-9(10)11(16)14-7-12(8-15)3-4-12/h9-10,13,15H,2-8H2,1H3,(H,14,16). The first kappa shape index (κ1) is 12.8. The van der Waals surface area contributed by atoms with Crippen molar-refractivity contribution >= 4 is 5.91 Å². The Hall–Kier alpha value is -0.650. The van der Waals surface area contributed by atoms with Gasteiger partial charge in [0.05, 0.1) is 25.7 Å². The Morgan fingerprint density at radius 3 is 2.82 bits per heavy atom. The Kier molecular flexibility index (Phi) is 4.01. The molecule has 17 heavy (non-hydrogen) atoms. The lowest BCUT2D eigenvalue weighted by molar-refractivity contribution is -0.125. The van der Waals surface area contributed by atoms with Gasteiger partial charge in [-0.3, -0.25) is 4.79 Å². The second-order valence-corrected chi connectivity index (χ2v) is 5.18. The number of hydrogen-bond acceptors (Lipinski definition) is 4. The summed E-state index contributed by atoms with van der Waals surface area (Å²) in [5, 5.41) is 15.4. The van der Waals surface area contributed by atoms with Crippen LogP contribution in [0.4, 0.5) is 0 Å². The molecule has 2 rings (SSSR count). The van der Waals surface area contributed by atoms with Gasteiger partial charge in [-0.15, -0.1) is 0 Å². The number of nitrogens with one attached hydrogen (secondary N) is 2. The molecule has 2 unspecified atom stereocenters. The second-order valence-electron chi connectivity index (χ2n) is 5.18. The molecule has 3 N–H and O–H groups in total. The average molecular weight is 242 g/mol. The van der Waals surface area contributed by atoms with Crippen LogP contribution in [0.3, 0.4) is 0 Å². The highest BCUT2D eigenvalue weighted by molar-refractivity contribution is 5.80. The third-order valence-corrected chi connectivity index (χ3v) is 3.81. The van der Waals surface area contributed by atoms with Crippen molar-refractivity contribution in [3.05, 3.63) is 0 Å². The van der Waals surface area contributed by atoms with Gasteiger partial charge in [0, 0.05) is 18.0 Å². The molecule has 0 aromatic carbocycles. The molecule has 2 aliphatic rings. The molecule has 2 fully saturated rings. The summed E-state index contributed by atoms with van der Waals surface area (Å²) in [7, 11) is 0. The zero-order chi connectivity index (χ0) is 12.3. The zero-order valence-electron chi connectivity index (χ0n) is 10.4. The molecule has 0 aromatic heterocycles. The first-order valence-electron chi connectivity index (χ1n) is 6.40. The lowest BCUT2D eigenvalue weighted by Crippen LogP contribution is -2.45. The Morgan fingerprint density at radius 1 is 1.47 bits per heavy atom. The summed E-state index contributed by atoms with van der Waals surface area (Å²) in [5.41, 5.74) is -0.0250. The van der Waals surface area contributed by atoms with Gasteiger partial charge in [0.25, 0.3) is 0 Å². The van der Waals surface area contributed by atoms with E-state index in [-0.39, 0.29) is 29.9 Å². The van der Waals surface area contributed by atoms with Crippen molar-refractivity contribution in [2.45, 2.75) is 25.8 Å². The quantitative estimate of drug-likeness (QED) is 0.587. The van der Waals surface area contributed by atoms with Crippen LogP contribution >= 0.6 is 0 Å². The van der Waals surface area contributed by atoms with E-state index in [9.17, 15) is 9.90 Å². The van der Waals surface area contributed by atoms with Crippen molar-refractivity contribution in [2.24, 2.45) is 11.3 Å². The molecule has 0 radical (unpaired) electrons. The maximum Gasteiger partial charge on any atom is 0.227 e. The normalized spacial score (nSPS) is 30.2. The molecule has 1 heterocycles. The first-order chi connectivity index (χ1) is 8.21. The Morgan fingerprint density at radius 2 is 2.24 bits per heavy atom. The van der Waals surface area contributed by atoms with Gasteiger partial charge < -0.3 is 20.5 Å². The molecule has 1 saturated carbocycles. The minimum Gasteiger partial charge on any atom is -0.396 e.